The highest BCUT2D eigenvalue weighted by molar-refractivity contribution is 6.03. The van der Waals surface area contributed by atoms with E-state index in [0.29, 0.717) is 54.1 Å². The second-order valence-electron chi connectivity index (χ2n) is 8.96. The zero-order valence-corrected chi connectivity index (χ0v) is 21.6. The Balaban J connectivity index is 1.50. The van der Waals surface area contributed by atoms with Gasteiger partial charge in [-0.25, -0.2) is 0 Å². The topological polar surface area (TPSA) is 119 Å². The van der Waals surface area contributed by atoms with Gasteiger partial charge in [-0.3, -0.25) is 19.4 Å². The van der Waals surface area contributed by atoms with Gasteiger partial charge >= 0.3 is 0 Å². The average molecular weight is 517 g/mol. The molecule has 2 heterocycles. The summed E-state index contributed by atoms with van der Waals surface area (Å²) in [5.74, 6) is 0.0376. The Kier molecular flexibility index (Phi) is 8.92. The fourth-order valence-electron chi connectivity index (χ4n) is 4.38. The summed E-state index contributed by atoms with van der Waals surface area (Å²) in [5, 5.41) is 8.67. The SMILES string of the molecule is COc1ccc2c(c1)OCCNC(=O)[C@@H](NC(=O)c1c(-c3ccccc3)ccnc1C)CCCCNC2=O. The van der Waals surface area contributed by atoms with E-state index in [9.17, 15) is 14.4 Å². The maximum Gasteiger partial charge on any atom is 0.255 e. The lowest BCUT2D eigenvalue weighted by Gasteiger charge is -2.21. The number of rotatable bonds is 4. The maximum absolute atomic E-state index is 13.5. The average Bonchev–Trinajstić information content (AvgIpc) is 2.93. The van der Waals surface area contributed by atoms with E-state index in [-0.39, 0.29) is 30.9 Å². The van der Waals surface area contributed by atoms with Gasteiger partial charge in [0.2, 0.25) is 5.91 Å². The monoisotopic (exact) mass is 516 g/mol. The van der Waals surface area contributed by atoms with Gasteiger partial charge in [0.05, 0.1) is 30.5 Å². The summed E-state index contributed by atoms with van der Waals surface area (Å²) in [5.41, 5.74) is 3.06. The van der Waals surface area contributed by atoms with Crippen LogP contribution in [0.25, 0.3) is 11.1 Å². The van der Waals surface area contributed by atoms with Crippen LogP contribution in [0.1, 0.15) is 45.7 Å². The first-order valence-electron chi connectivity index (χ1n) is 12.7. The molecule has 0 spiro atoms. The van der Waals surface area contributed by atoms with Crippen LogP contribution in [0.5, 0.6) is 11.5 Å². The number of carbonyl (C=O) groups excluding carboxylic acids is 3. The first kappa shape index (κ1) is 26.7. The molecule has 0 fully saturated rings. The van der Waals surface area contributed by atoms with Crippen LogP contribution in [0, 0.1) is 6.92 Å². The Morgan fingerprint density at radius 2 is 1.84 bits per heavy atom. The molecule has 9 heteroatoms. The Morgan fingerprint density at radius 3 is 2.63 bits per heavy atom. The molecule has 0 radical (unpaired) electrons. The molecule has 1 aliphatic rings. The second kappa shape index (κ2) is 12.7. The van der Waals surface area contributed by atoms with E-state index in [0.717, 1.165) is 11.1 Å². The minimum Gasteiger partial charge on any atom is -0.497 e. The third-order valence-corrected chi connectivity index (χ3v) is 6.37. The summed E-state index contributed by atoms with van der Waals surface area (Å²) in [6.07, 6.45) is 3.36. The number of pyridine rings is 1. The van der Waals surface area contributed by atoms with Crippen molar-refractivity contribution < 1.29 is 23.9 Å². The van der Waals surface area contributed by atoms with Crippen LogP contribution in [0.3, 0.4) is 0 Å². The number of amides is 3. The van der Waals surface area contributed by atoms with E-state index >= 15 is 0 Å². The summed E-state index contributed by atoms with van der Waals surface area (Å²) < 4.78 is 11.1. The molecule has 1 aromatic heterocycles. The summed E-state index contributed by atoms with van der Waals surface area (Å²) in [4.78, 5) is 43.6. The predicted molar refractivity (Wildman–Crippen MR) is 143 cm³/mol. The van der Waals surface area contributed by atoms with Crippen molar-refractivity contribution in [1.29, 1.82) is 0 Å². The third-order valence-electron chi connectivity index (χ3n) is 6.37. The normalized spacial score (nSPS) is 16.6. The standard InChI is InChI=1S/C29H32N4O5/c1-19-26(22(13-15-30-19)20-8-4-3-5-9-20)29(36)33-24-10-6-7-14-31-27(34)23-12-11-21(37-2)18-25(23)38-17-16-32-28(24)35/h3-5,8-9,11-13,15,18,24H,6-7,10,14,16-17H2,1-2H3,(H,31,34)(H,32,35)(H,33,36)/t24-/m0/s1. The van der Waals surface area contributed by atoms with Crippen LogP contribution >= 0.6 is 0 Å². The first-order chi connectivity index (χ1) is 18.5. The van der Waals surface area contributed by atoms with Crippen molar-refractivity contribution in [2.75, 3.05) is 26.8 Å². The third kappa shape index (κ3) is 6.47. The molecule has 38 heavy (non-hydrogen) atoms. The van der Waals surface area contributed by atoms with E-state index in [4.69, 9.17) is 9.47 Å². The van der Waals surface area contributed by atoms with Crippen molar-refractivity contribution in [2.45, 2.75) is 32.2 Å². The number of hydrogen-bond donors (Lipinski definition) is 3. The number of ether oxygens (including phenoxy) is 2. The molecule has 3 amide bonds. The molecule has 3 aromatic rings. The zero-order valence-electron chi connectivity index (χ0n) is 21.6. The number of carbonyl (C=O) groups is 3. The van der Waals surface area contributed by atoms with Crippen molar-refractivity contribution in [1.82, 2.24) is 20.9 Å². The molecule has 0 aliphatic carbocycles. The molecule has 4 rings (SSSR count). The number of hydrogen-bond acceptors (Lipinski definition) is 6. The van der Waals surface area contributed by atoms with E-state index < -0.39 is 6.04 Å². The highest BCUT2D eigenvalue weighted by atomic mass is 16.5. The molecule has 9 nitrogen and oxygen atoms in total. The highest BCUT2D eigenvalue weighted by Crippen LogP contribution is 2.26. The molecule has 0 saturated heterocycles. The van der Waals surface area contributed by atoms with Crippen molar-refractivity contribution in [3.05, 3.63) is 77.6 Å². The Hall–Kier alpha value is -4.40. The van der Waals surface area contributed by atoms with Gasteiger partial charge in [0.1, 0.15) is 24.1 Å². The van der Waals surface area contributed by atoms with Crippen molar-refractivity contribution in [3.8, 4) is 22.6 Å². The lowest BCUT2D eigenvalue weighted by atomic mass is 9.98. The number of benzene rings is 2. The van der Waals surface area contributed by atoms with Gasteiger partial charge in [0.15, 0.2) is 0 Å². The fraction of sp³-hybridized carbons (Fsp3) is 0.310. The first-order valence-corrected chi connectivity index (χ1v) is 12.7. The van der Waals surface area contributed by atoms with Gasteiger partial charge in [-0.15, -0.1) is 0 Å². The Bertz CT molecular complexity index is 1300. The molecule has 0 bridgehead atoms. The van der Waals surface area contributed by atoms with Crippen LogP contribution < -0.4 is 25.4 Å². The second-order valence-corrected chi connectivity index (χ2v) is 8.96. The van der Waals surface area contributed by atoms with Gasteiger partial charge in [0.25, 0.3) is 11.8 Å². The zero-order chi connectivity index (χ0) is 26.9. The summed E-state index contributed by atoms with van der Waals surface area (Å²) in [6, 6.07) is 15.7. The Morgan fingerprint density at radius 1 is 1.03 bits per heavy atom. The minimum absolute atomic E-state index is 0.139. The van der Waals surface area contributed by atoms with Gasteiger partial charge < -0.3 is 25.4 Å². The van der Waals surface area contributed by atoms with Gasteiger partial charge in [-0.2, -0.15) is 0 Å². The molecule has 3 N–H and O–H groups in total. The van der Waals surface area contributed by atoms with Crippen molar-refractivity contribution >= 4 is 17.7 Å². The highest BCUT2D eigenvalue weighted by Gasteiger charge is 2.24. The van der Waals surface area contributed by atoms with Crippen LogP contribution in [-0.2, 0) is 4.79 Å². The summed E-state index contributed by atoms with van der Waals surface area (Å²) in [7, 11) is 1.54. The molecule has 1 atom stereocenters. The van der Waals surface area contributed by atoms with E-state index in [1.54, 1.807) is 37.4 Å². The molecule has 2 aromatic carbocycles. The quantitative estimate of drug-likeness (QED) is 0.490. The smallest absolute Gasteiger partial charge is 0.255 e. The van der Waals surface area contributed by atoms with Crippen LogP contribution in [0.4, 0.5) is 0 Å². The predicted octanol–water partition coefficient (Wildman–Crippen LogP) is 3.27. The van der Waals surface area contributed by atoms with Crippen molar-refractivity contribution in [2.24, 2.45) is 0 Å². The van der Waals surface area contributed by atoms with E-state index in [1.165, 1.54) is 7.11 Å². The summed E-state index contributed by atoms with van der Waals surface area (Å²) >= 11 is 0. The van der Waals surface area contributed by atoms with Crippen LogP contribution in [-0.4, -0.2) is 55.6 Å². The number of aryl methyl sites for hydroxylation is 1. The lowest BCUT2D eigenvalue weighted by molar-refractivity contribution is -0.123. The Labute approximate surface area is 221 Å². The molecule has 198 valence electrons. The summed E-state index contributed by atoms with van der Waals surface area (Å²) in [6.45, 7) is 2.54. The number of fused-ring (bicyclic) bond motifs is 1. The van der Waals surface area contributed by atoms with Gasteiger partial charge in [-0.1, -0.05) is 30.3 Å². The molecule has 1 aliphatic heterocycles. The van der Waals surface area contributed by atoms with Crippen LogP contribution in [0.2, 0.25) is 0 Å². The van der Waals surface area contributed by atoms with Crippen molar-refractivity contribution in [3.63, 3.8) is 0 Å². The largest absolute Gasteiger partial charge is 0.497 e. The number of methoxy groups -OCH3 is 1. The molecular formula is C29H32N4O5. The van der Waals surface area contributed by atoms with Crippen LogP contribution in [0.15, 0.2) is 60.8 Å². The maximum atomic E-state index is 13.5. The van der Waals surface area contributed by atoms with E-state index in [2.05, 4.69) is 20.9 Å². The fourth-order valence-corrected chi connectivity index (χ4v) is 4.38. The number of nitrogens with zero attached hydrogens (tertiary/aromatic N) is 1. The number of nitrogens with one attached hydrogen (secondary N) is 3. The lowest BCUT2D eigenvalue weighted by Crippen LogP contribution is -2.48. The van der Waals surface area contributed by atoms with E-state index in [1.807, 2.05) is 30.3 Å². The molecule has 0 saturated carbocycles. The molecule has 0 unspecified atom stereocenters. The number of aromatic nitrogens is 1. The minimum atomic E-state index is -0.753. The molecular weight excluding hydrogens is 484 g/mol. The van der Waals surface area contributed by atoms with Gasteiger partial charge in [0, 0.05) is 18.8 Å². The van der Waals surface area contributed by atoms with Gasteiger partial charge in [-0.05, 0) is 55.5 Å².